The van der Waals surface area contributed by atoms with Gasteiger partial charge in [0.25, 0.3) is 0 Å². The molecule has 0 amide bonds. The Labute approximate surface area is 263 Å². The Morgan fingerprint density at radius 3 is 1.91 bits per heavy atom. The summed E-state index contributed by atoms with van der Waals surface area (Å²) in [6.07, 6.45) is 8.72. The van der Waals surface area contributed by atoms with E-state index in [2.05, 4.69) is 97.1 Å². The summed E-state index contributed by atoms with van der Waals surface area (Å²) in [5.41, 5.74) is 11.6. The highest BCUT2D eigenvalue weighted by molar-refractivity contribution is 5.89. The first-order valence-electron chi connectivity index (χ1n) is 15.4. The molecule has 8 rings (SSSR count). The van der Waals surface area contributed by atoms with Gasteiger partial charge in [-0.25, -0.2) is 9.97 Å². The van der Waals surface area contributed by atoms with E-state index in [4.69, 9.17) is 9.97 Å². The molecular weight excluding hydrogens is 546 g/mol. The van der Waals surface area contributed by atoms with Crippen LogP contribution >= 0.6 is 0 Å². The Bertz CT molecular complexity index is 2160. The molecule has 2 aliphatic rings. The van der Waals surface area contributed by atoms with Crippen molar-refractivity contribution in [2.45, 2.75) is 18.3 Å². The fourth-order valence-electron chi connectivity index (χ4n) is 7.17. The smallest absolute Gasteiger partial charge is 0.160 e. The Kier molecular flexibility index (Phi) is 6.55. The molecule has 0 N–H and O–H groups in total. The van der Waals surface area contributed by atoms with Gasteiger partial charge in [-0.1, -0.05) is 151 Å². The Morgan fingerprint density at radius 2 is 1.22 bits per heavy atom. The van der Waals surface area contributed by atoms with Crippen molar-refractivity contribution in [3.8, 4) is 51.1 Å². The highest BCUT2D eigenvalue weighted by Crippen LogP contribution is 2.58. The van der Waals surface area contributed by atoms with E-state index in [1.807, 2.05) is 60.7 Å². The number of allylic oxidation sites excluding steroid dienone is 4. The molecule has 6 aromatic rings. The van der Waals surface area contributed by atoms with Gasteiger partial charge in [0.05, 0.1) is 16.8 Å². The van der Waals surface area contributed by atoms with Crippen LogP contribution in [0.2, 0.25) is 0 Å². The first-order chi connectivity index (χ1) is 22.3. The Hall–Kier alpha value is -5.85. The lowest BCUT2D eigenvalue weighted by Gasteiger charge is -2.37. The van der Waals surface area contributed by atoms with Crippen molar-refractivity contribution in [2.75, 3.05) is 0 Å². The minimum absolute atomic E-state index is 0.460. The number of hydrogen-bond donors (Lipinski definition) is 0. The molecule has 0 fully saturated rings. The van der Waals surface area contributed by atoms with Crippen LogP contribution in [0.1, 0.15) is 35.1 Å². The van der Waals surface area contributed by atoms with Gasteiger partial charge in [0.1, 0.15) is 11.6 Å². The van der Waals surface area contributed by atoms with Crippen molar-refractivity contribution < 1.29 is 0 Å². The molecule has 2 aliphatic carbocycles. The van der Waals surface area contributed by atoms with Crippen molar-refractivity contribution in [2.24, 2.45) is 0 Å². The summed E-state index contributed by atoms with van der Waals surface area (Å²) >= 11 is 0. The topological polar surface area (TPSA) is 49.6 Å². The van der Waals surface area contributed by atoms with Crippen molar-refractivity contribution in [1.82, 2.24) is 9.97 Å². The zero-order valence-corrected chi connectivity index (χ0v) is 24.7. The van der Waals surface area contributed by atoms with Crippen LogP contribution in [0.4, 0.5) is 0 Å². The lowest BCUT2D eigenvalue weighted by molar-refractivity contribution is 0.693. The zero-order valence-electron chi connectivity index (χ0n) is 24.7. The van der Waals surface area contributed by atoms with E-state index in [9.17, 15) is 5.26 Å². The van der Waals surface area contributed by atoms with Gasteiger partial charge < -0.3 is 0 Å². The van der Waals surface area contributed by atoms with E-state index < -0.39 is 5.41 Å². The Morgan fingerprint density at radius 1 is 0.600 bits per heavy atom. The van der Waals surface area contributed by atoms with Gasteiger partial charge >= 0.3 is 0 Å². The third-order valence-corrected chi connectivity index (χ3v) is 9.12. The first-order valence-corrected chi connectivity index (χ1v) is 15.4. The predicted octanol–water partition coefficient (Wildman–Crippen LogP) is 9.94. The van der Waals surface area contributed by atoms with Gasteiger partial charge in [-0.15, -0.1) is 0 Å². The molecule has 3 heteroatoms. The largest absolute Gasteiger partial charge is 0.227 e. The third kappa shape index (κ3) is 4.26. The monoisotopic (exact) mass is 575 g/mol. The molecule has 0 bridgehead atoms. The van der Waals surface area contributed by atoms with Crippen molar-refractivity contribution in [1.29, 1.82) is 5.26 Å². The Balaban J connectivity index is 1.44. The second-order valence-electron chi connectivity index (χ2n) is 11.5. The number of benzene rings is 5. The molecular formula is C42H29N3. The van der Waals surface area contributed by atoms with Crippen LogP contribution in [-0.4, -0.2) is 9.97 Å². The fraction of sp³-hybridized carbons (Fsp3) is 0.0714. The maximum atomic E-state index is 10.7. The average Bonchev–Trinajstić information content (AvgIpc) is 3.43. The molecule has 3 nitrogen and oxygen atoms in total. The van der Waals surface area contributed by atoms with E-state index in [1.54, 1.807) is 0 Å². The number of nitrogens with zero attached hydrogens (tertiary/aromatic N) is 3. The maximum Gasteiger partial charge on any atom is 0.160 e. The van der Waals surface area contributed by atoms with Crippen LogP contribution < -0.4 is 0 Å². The fourth-order valence-corrected chi connectivity index (χ4v) is 7.17. The van der Waals surface area contributed by atoms with Crippen LogP contribution in [-0.2, 0) is 5.41 Å². The highest BCUT2D eigenvalue weighted by Gasteiger charge is 2.47. The standard InChI is InChI=1S/C42H29N3/c43-28-36-39(29-15-5-1-6-16-29)44-41(30-17-7-2-8-18-30)45-40(36)31-25-26-35-34-23-13-14-24-37(34)42(38(35)27-31,32-19-9-3-10-20-32)33-21-11-4-12-22-33/h1-11,13-21,23-27H,12,22H2. The molecule has 0 saturated carbocycles. The van der Waals surface area contributed by atoms with E-state index in [0.717, 1.165) is 29.5 Å². The van der Waals surface area contributed by atoms with Crippen LogP contribution in [0.5, 0.6) is 0 Å². The summed E-state index contributed by atoms with van der Waals surface area (Å²) in [6.45, 7) is 0. The van der Waals surface area contributed by atoms with Crippen LogP contribution in [0, 0.1) is 11.3 Å². The second-order valence-corrected chi connectivity index (χ2v) is 11.5. The van der Waals surface area contributed by atoms with Gasteiger partial charge in [-0.2, -0.15) is 5.26 Å². The lowest BCUT2D eigenvalue weighted by Crippen LogP contribution is -2.30. The average molecular weight is 576 g/mol. The summed E-state index contributed by atoms with van der Waals surface area (Å²) in [7, 11) is 0. The van der Waals surface area contributed by atoms with Crippen LogP contribution in [0.3, 0.4) is 0 Å². The SMILES string of the molecule is N#Cc1c(-c2ccccc2)nc(-c2ccccc2)nc1-c1ccc2c(c1)C(C1=CC=CCC1)(c1ccccc1)c1ccccc1-2. The minimum atomic E-state index is -0.460. The van der Waals surface area contributed by atoms with Gasteiger partial charge in [0.15, 0.2) is 5.82 Å². The predicted molar refractivity (Wildman–Crippen MR) is 181 cm³/mol. The molecule has 45 heavy (non-hydrogen) atoms. The van der Waals surface area contributed by atoms with Crippen molar-refractivity contribution >= 4 is 0 Å². The maximum absolute atomic E-state index is 10.7. The minimum Gasteiger partial charge on any atom is -0.227 e. The molecule has 212 valence electrons. The van der Waals surface area contributed by atoms with E-state index in [0.29, 0.717) is 22.8 Å². The van der Waals surface area contributed by atoms with Gasteiger partial charge in [0.2, 0.25) is 0 Å². The molecule has 1 unspecified atom stereocenters. The van der Waals surface area contributed by atoms with Crippen molar-refractivity contribution in [3.05, 3.63) is 180 Å². The van der Waals surface area contributed by atoms with Crippen LogP contribution in [0.25, 0.3) is 45.0 Å². The molecule has 0 spiro atoms. The molecule has 5 aromatic carbocycles. The quantitative estimate of drug-likeness (QED) is 0.206. The summed E-state index contributed by atoms with van der Waals surface area (Å²) in [5, 5.41) is 10.7. The van der Waals surface area contributed by atoms with E-state index >= 15 is 0 Å². The number of nitriles is 1. The first kappa shape index (κ1) is 26.8. The molecule has 1 atom stereocenters. The number of fused-ring (bicyclic) bond motifs is 3. The van der Waals surface area contributed by atoms with Crippen LogP contribution in [0.15, 0.2) is 157 Å². The molecule has 0 saturated heterocycles. The van der Waals surface area contributed by atoms with E-state index in [-0.39, 0.29) is 0 Å². The number of hydrogen-bond acceptors (Lipinski definition) is 3. The van der Waals surface area contributed by atoms with Gasteiger partial charge in [-0.3, -0.25) is 0 Å². The molecule has 1 heterocycles. The molecule has 0 radical (unpaired) electrons. The van der Waals surface area contributed by atoms with E-state index in [1.165, 1.54) is 33.4 Å². The third-order valence-electron chi connectivity index (χ3n) is 9.12. The highest BCUT2D eigenvalue weighted by atomic mass is 14.9. The number of rotatable bonds is 5. The van der Waals surface area contributed by atoms with Crippen molar-refractivity contribution in [3.63, 3.8) is 0 Å². The zero-order chi connectivity index (χ0) is 30.2. The summed E-state index contributed by atoms with van der Waals surface area (Å²) in [6, 6.07) is 48.8. The lowest BCUT2D eigenvalue weighted by atomic mass is 9.65. The number of aromatic nitrogens is 2. The summed E-state index contributed by atoms with van der Waals surface area (Å²) in [5.74, 6) is 0.599. The molecule has 1 aromatic heterocycles. The van der Waals surface area contributed by atoms with Gasteiger partial charge in [0, 0.05) is 16.7 Å². The summed E-state index contributed by atoms with van der Waals surface area (Å²) < 4.78 is 0. The second kappa shape index (κ2) is 11.0. The normalized spacial score (nSPS) is 16.4. The summed E-state index contributed by atoms with van der Waals surface area (Å²) in [4.78, 5) is 10.1. The molecule has 0 aliphatic heterocycles. The van der Waals surface area contributed by atoms with Gasteiger partial charge in [-0.05, 0) is 46.7 Å².